The molecule has 7 heteroatoms. The van der Waals surface area contributed by atoms with Gasteiger partial charge in [0.25, 0.3) is 5.91 Å². The van der Waals surface area contributed by atoms with Gasteiger partial charge in [-0.25, -0.2) is 4.85 Å². The van der Waals surface area contributed by atoms with Crippen molar-refractivity contribution < 1.29 is 23.2 Å². The zero-order chi connectivity index (χ0) is 30.6. The second-order valence-electron chi connectivity index (χ2n) is 15.8. The number of nitrogens with zero attached hydrogens (tertiary/aromatic N) is 1. The SMILES string of the molecule is [C-]#[N+]C1=C[C@]2(C)C3=CC(=O)[C@@H]4[C@@H]5CC(C)(C)CC[C@]5(NC(=O)C(C)(F)F)CC[C@@]4(C)[C@]3(C)CC[C@H]2[C@](C)(CC)C1=O. The summed E-state index contributed by atoms with van der Waals surface area (Å²) in [7, 11) is 0. The van der Waals surface area contributed by atoms with Crippen molar-refractivity contribution in [1.29, 1.82) is 0 Å². The van der Waals surface area contributed by atoms with Crippen molar-refractivity contribution in [1.82, 2.24) is 5.32 Å². The molecular formula is C34H46F2N2O3. The molecule has 5 nitrogen and oxygen atoms in total. The second kappa shape index (κ2) is 8.83. The first-order valence-corrected chi connectivity index (χ1v) is 15.4. The lowest BCUT2D eigenvalue weighted by Crippen LogP contribution is -2.70. The molecule has 1 N–H and O–H groups in total. The van der Waals surface area contributed by atoms with Crippen LogP contribution < -0.4 is 5.32 Å². The lowest BCUT2D eigenvalue weighted by Gasteiger charge is -2.69. The molecule has 5 aliphatic rings. The topological polar surface area (TPSA) is 67.6 Å². The van der Waals surface area contributed by atoms with Crippen LogP contribution >= 0.6 is 0 Å². The van der Waals surface area contributed by atoms with Crippen LogP contribution in [0.3, 0.4) is 0 Å². The van der Waals surface area contributed by atoms with Gasteiger partial charge in [0, 0.05) is 29.2 Å². The van der Waals surface area contributed by atoms with Gasteiger partial charge in [0.2, 0.25) is 5.70 Å². The summed E-state index contributed by atoms with van der Waals surface area (Å²) in [5.41, 5.74) is -1.89. The van der Waals surface area contributed by atoms with Crippen molar-refractivity contribution in [3.8, 4) is 0 Å². The molecule has 0 spiro atoms. The zero-order valence-corrected chi connectivity index (χ0v) is 26.0. The largest absolute Gasteiger partial charge is 0.345 e. The molecule has 0 aromatic heterocycles. The van der Waals surface area contributed by atoms with E-state index in [1.165, 1.54) is 0 Å². The van der Waals surface area contributed by atoms with Crippen LogP contribution in [0.15, 0.2) is 23.4 Å². The van der Waals surface area contributed by atoms with Gasteiger partial charge < -0.3 is 10.1 Å². The predicted octanol–water partition coefficient (Wildman–Crippen LogP) is 7.47. The Kier molecular flexibility index (Phi) is 6.49. The minimum Gasteiger partial charge on any atom is -0.345 e. The number of halogens is 2. The monoisotopic (exact) mass is 568 g/mol. The van der Waals surface area contributed by atoms with Crippen LogP contribution in [0.1, 0.15) is 107 Å². The van der Waals surface area contributed by atoms with Crippen LogP contribution in [0.25, 0.3) is 4.85 Å². The Balaban J connectivity index is 1.67. The number of rotatable bonds is 3. The van der Waals surface area contributed by atoms with Crippen LogP contribution in [0.4, 0.5) is 8.78 Å². The second-order valence-corrected chi connectivity index (χ2v) is 15.8. The Morgan fingerprint density at radius 1 is 1.07 bits per heavy atom. The quantitative estimate of drug-likeness (QED) is 0.359. The molecule has 224 valence electrons. The molecule has 0 saturated heterocycles. The molecular weight excluding hydrogens is 522 g/mol. The third kappa shape index (κ3) is 3.91. The molecule has 0 radical (unpaired) electrons. The van der Waals surface area contributed by atoms with Gasteiger partial charge in [0.1, 0.15) is 0 Å². The van der Waals surface area contributed by atoms with E-state index in [1.807, 2.05) is 26.0 Å². The van der Waals surface area contributed by atoms with Crippen LogP contribution in [0, 0.1) is 51.4 Å². The maximum atomic E-state index is 14.5. The molecule has 5 rings (SSSR count). The summed E-state index contributed by atoms with van der Waals surface area (Å²) in [5.74, 6) is -5.54. The number of hydrogen-bond acceptors (Lipinski definition) is 3. The highest BCUT2D eigenvalue weighted by atomic mass is 19.3. The summed E-state index contributed by atoms with van der Waals surface area (Å²) in [6.45, 7) is 23.4. The minimum absolute atomic E-state index is 0.000929. The number of ketones is 2. The van der Waals surface area contributed by atoms with Crippen LogP contribution in [-0.4, -0.2) is 28.9 Å². The Hall–Kier alpha value is -2.36. The summed E-state index contributed by atoms with van der Waals surface area (Å²) < 4.78 is 28.4. The van der Waals surface area contributed by atoms with Crippen molar-refractivity contribution in [2.24, 2.45) is 44.8 Å². The Morgan fingerprint density at radius 2 is 1.71 bits per heavy atom. The molecule has 41 heavy (non-hydrogen) atoms. The summed E-state index contributed by atoms with van der Waals surface area (Å²) in [6.07, 6.45) is 9.14. The smallest absolute Gasteiger partial charge is 0.321 e. The summed E-state index contributed by atoms with van der Waals surface area (Å²) in [6, 6.07) is 0. The minimum atomic E-state index is -3.49. The van der Waals surface area contributed by atoms with Crippen LogP contribution in [-0.2, 0) is 14.4 Å². The number of nitrogens with one attached hydrogen (secondary N) is 1. The summed E-state index contributed by atoms with van der Waals surface area (Å²) in [5, 5.41) is 2.81. The Morgan fingerprint density at radius 3 is 2.29 bits per heavy atom. The number of carbonyl (C=O) groups excluding carboxylic acids is 3. The number of Topliss-reactive ketones (excluding diaryl/α,β-unsaturated/α-hetero) is 1. The molecule has 3 saturated carbocycles. The first kappa shape index (κ1) is 30.1. The van der Waals surface area contributed by atoms with Crippen molar-refractivity contribution in [3.63, 3.8) is 0 Å². The van der Waals surface area contributed by atoms with Gasteiger partial charge in [-0.1, -0.05) is 60.1 Å². The van der Waals surface area contributed by atoms with Gasteiger partial charge in [-0.15, -0.1) is 0 Å². The van der Waals surface area contributed by atoms with Crippen molar-refractivity contribution >= 4 is 17.5 Å². The lowest BCUT2D eigenvalue weighted by molar-refractivity contribution is -0.169. The number of amides is 1. The van der Waals surface area contributed by atoms with E-state index >= 15 is 0 Å². The third-order valence-electron chi connectivity index (χ3n) is 13.2. The van der Waals surface area contributed by atoms with E-state index in [2.05, 4.69) is 44.8 Å². The average Bonchev–Trinajstić information content (AvgIpc) is 2.87. The first-order valence-electron chi connectivity index (χ1n) is 15.4. The number of fused-ring (bicyclic) bond motifs is 7. The van der Waals surface area contributed by atoms with E-state index in [0.29, 0.717) is 39.0 Å². The van der Waals surface area contributed by atoms with Gasteiger partial charge in [0.05, 0.1) is 6.57 Å². The van der Waals surface area contributed by atoms with Crippen molar-refractivity contribution in [3.05, 3.63) is 34.8 Å². The first-order chi connectivity index (χ1) is 18.7. The molecule has 1 amide bonds. The van der Waals surface area contributed by atoms with E-state index in [1.54, 1.807) is 0 Å². The fourth-order valence-electron chi connectivity index (χ4n) is 10.4. The molecule has 0 bridgehead atoms. The number of allylic oxidation sites excluding steroid dienone is 4. The number of hydrogen-bond donors (Lipinski definition) is 1. The van der Waals surface area contributed by atoms with E-state index in [0.717, 1.165) is 24.8 Å². The highest BCUT2D eigenvalue weighted by Crippen LogP contribution is 2.73. The normalized spacial score (nSPS) is 45.1. The summed E-state index contributed by atoms with van der Waals surface area (Å²) in [4.78, 5) is 44.3. The molecule has 0 aromatic carbocycles. The van der Waals surface area contributed by atoms with Crippen LogP contribution in [0.2, 0.25) is 0 Å². The average molecular weight is 569 g/mol. The molecule has 0 aromatic rings. The fraction of sp³-hybridized carbons (Fsp3) is 0.765. The molecule has 3 fully saturated rings. The van der Waals surface area contributed by atoms with Gasteiger partial charge in [-0.2, -0.15) is 8.78 Å². The van der Waals surface area contributed by atoms with Crippen LogP contribution in [0.5, 0.6) is 0 Å². The Labute approximate surface area is 243 Å². The van der Waals surface area contributed by atoms with Gasteiger partial charge in [-0.3, -0.25) is 9.59 Å². The number of carbonyl (C=O) groups is 3. The highest BCUT2D eigenvalue weighted by Gasteiger charge is 2.70. The van der Waals surface area contributed by atoms with Gasteiger partial charge >= 0.3 is 5.92 Å². The molecule has 0 aliphatic heterocycles. The maximum absolute atomic E-state index is 14.5. The van der Waals surface area contributed by atoms with Gasteiger partial charge in [-0.05, 0) is 85.5 Å². The molecule has 0 unspecified atom stereocenters. The fourth-order valence-corrected chi connectivity index (χ4v) is 10.4. The number of alkyl halides is 2. The summed E-state index contributed by atoms with van der Waals surface area (Å²) >= 11 is 0. The molecule has 8 atom stereocenters. The predicted molar refractivity (Wildman–Crippen MR) is 154 cm³/mol. The highest BCUT2D eigenvalue weighted by molar-refractivity contribution is 6.03. The van der Waals surface area contributed by atoms with Crippen molar-refractivity contribution in [2.45, 2.75) is 118 Å². The standard InChI is InChI=1S/C34H46F2N2O3/c1-10-29(4)23-11-12-31(6)24(30(23,5)19-21(37-9)26(29)40)17-22(39)25-20-18-28(2,3)13-15-34(20,16-14-32(25,31)7)38-27(41)33(8,35)36/h17,19-20,23,25H,10-16,18H2,1-8H3,(H,38,41)/t20-,23-,25-,29-,30-,31+,32+,34-/m0/s1. The van der Waals surface area contributed by atoms with Crippen molar-refractivity contribution in [2.75, 3.05) is 0 Å². The lowest BCUT2D eigenvalue weighted by atomic mass is 9.35. The third-order valence-corrected chi connectivity index (χ3v) is 13.2. The zero-order valence-electron chi connectivity index (χ0n) is 26.0. The van der Waals surface area contributed by atoms with E-state index in [9.17, 15) is 23.2 Å². The van der Waals surface area contributed by atoms with E-state index in [4.69, 9.17) is 6.57 Å². The molecule has 0 heterocycles. The van der Waals surface area contributed by atoms with E-state index in [-0.39, 0.29) is 39.9 Å². The van der Waals surface area contributed by atoms with E-state index < -0.39 is 39.5 Å². The molecule has 5 aliphatic carbocycles. The maximum Gasteiger partial charge on any atom is 0.321 e. The van der Waals surface area contributed by atoms with Gasteiger partial charge in [0.15, 0.2) is 11.6 Å². The Bertz CT molecular complexity index is 1320.